The third-order valence-corrected chi connectivity index (χ3v) is 7.41. The number of aromatic nitrogens is 1. The second kappa shape index (κ2) is 11.8. The monoisotopic (exact) mass is 525 g/mol. The summed E-state index contributed by atoms with van der Waals surface area (Å²) in [6.07, 6.45) is -0.364. The number of thiazole rings is 1. The van der Waals surface area contributed by atoms with Crippen molar-refractivity contribution in [2.75, 3.05) is 32.2 Å². The van der Waals surface area contributed by atoms with Crippen LogP contribution in [0.5, 0.6) is 23.0 Å². The number of aryl methyl sites for hydroxylation is 1. The predicted octanol–water partition coefficient (Wildman–Crippen LogP) is 5.72. The fraction of sp³-hybridized carbons (Fsp3) is 0.429. The Labute approximate surface area is 222 Å². The number of carbonyl (C=O) groups is 1. The number of fused-ring (bicyclic) bond motifs is 1. The van der Waals surface area contributed by atoms with Gasteiger partial charge in [-0.3, -0.25) is 9.69 Å². The fourth-order valence-electron chi connectivity index (χ4n) is 4.34. The molecule has 1 aliphatic heterocycles. The molecule has 9 heteroatoms. The molecule has 2 heterocycles. The van der Waals surface area contributed by atoms with E-state index in [-0.39, 0.29) is 12.0 Å². The number of rotatable bonds is 10. The van der Waals surface area contributed by atoms with Crippen LogP contribution in [0.1, 0.15) is 54.2 Å². The highest BCUT2D eigenvalue weighted by Crippen LogP contribution is 2.38. The summed E-state index contributed by atoms with van der Waals surface area (Å²) in [7, 11) is 1.60. The molecule has 1 aromatic heterocycles. The van der Waals surface area contributed by atoms with Crippen LogP contribution in [0, 0.1) is 6.92 Å². The van der Waals surface area contributed by atoms with Crippen molar-refractivity contribution in [3.8, 4) is 23.0 Å². The maximum atomic E-state index is 13.2. The molecular formula is C28H35N3O5S. The van der Waals surface area contributed by atoms with E-state index in [0.29, 0.717) is 69.6 Å². The van der Waals surface area contributed by atoms with Gasteiger partial charge >= 0.3 is 0 Å². The summed E-state index contributed by atoms with van der Waals surface area (Å²) >= 11 is 1.31. The van der Waals surface area contributed by atoms with Crippen molar-refractivity contribution in [2.45, 2.75) is 52.8 Å². The first-order valence-electron chi connectivity index (χ1n) is 12.5. The second-order valence-electron chi connectivity index (χ2n) is 9.42. The molecule has 1 amide bonds. The zero-order valence-corrected chi connectivity index (χ0v) is 23.1. The van der Waals surface area contributed by atoms with E-state index in [1.165, 1.54) is 11.3 Å². The van der Waals surface area contributed by atoms with Gasteiger partial charge < -0.3 is 24.3 Å². The summed E-state index contributed by atoms with van der Waals surface area (Å²) in [6.45, 7) is 12.2. The summed E-state index contributed by atoms with van der Waals surface area (Å²) < 4.78 is 23.4. The van der Waals surface area contributed by atoms with Crippen LogP contribution in [0.4, 0.5) is 5.69 Å². The van der Waals surface area contributed by atoms with Crippen LogP contribution in [0.25, 0.3) is 0 Å². The Morgan fingerprint density at radius 1 is 1.14 bits per heavy atom. The molecule has 1 N–H and O–H groups in total. The minimum atomic E-state index is -0.364. The van der Waals surface area contributed by atoms with Crippen LogP contribution in [-0.4, -0.2) is 54.7 Å². The average Bonchev–Trinajstić information content (AvgIpc) is 3.27. The Morgan fingerprint density at radius 3 is 2.57 bits per heavy atom. The lowest BCUT2D eigenvalue weighted by Crippen LogP contribution is -2.39. The van der Waals surface area contributed by atoms with E-state index in [1.54, 1.807) is 25.3 Å². The van der Waals surface area contributed by atoms with Crippen LogP contribution in [0.2, 0.25) is 0 Å². The predicted molar refractivity (Wildman–Crippen MR) is 146 cm³/mol. The van der Waals surface area contributed by atoms with Gasteiger partial charge in [-0.1, -0.05) is 12.1 Å². The molecule has 0 saturated carbocycles. The highest BCUT2D eigenvalue weighted by atomic mass is 32.1. The van der Waals surface area contributed by atoms with Crippen LogP contribution in [0.3, 0.4) is 0 Å². The van der Waals surface area contributed by atoms with Gasteiger partial charge in [-0.25, -0.2) is 4.98 Å². The summed E-state index contributed by atoms with van der Waals surface area (Å²) in [4.78, 5) is 20.7. The molecule has 4 rings (SSSR count). The van der Waals surface area contributed by atoms with E-state index >= 15 is 0 Å². The molecule has 37 heavy (non-hydrogen) atoms. The number of hydrogen-bond donors (Lipinski definition) is 1. The lowest BCUT2D eigenvalue weighted by Gasteiger charge is -2.30. The van der Waals surface area contributed by atoms with Gasteiger partial charge in [-0.05, 0) is 58.9 Å². The Bertz CT molecular complexity index is 1220. The first-order chi connectivity index (χ1) is 17.8. The Kier molecular flexibility index (Phi) is 8.56. The summed E-state index contributed by atoms with van der Waals surface area (Å²) in [5, 5.41) is 3.68. The highest BCUT2D eigenvalue weighted by Gasteiger charge is 2.27. The summed E-state index contributed by atoms with van der Waals surface area (Å²) in [6, 6.07) is 13.8. The number of benzene rings is 2. The minimum Gasteiger partial charge on any atom is -0.493 e. The third kappa shape index (κ3) is 6.34. The van der Waals surface area contributed by atoms with Crippen molar-refractivity contribution in [2.24, 2.45) is 0 Å². The molecular weight excluding hydrogens is 490 g/mol. The lowest BCUT2D eigenvalue weighted by atomic mass is 10.2. The third-order valence-electron chi connectivity index (χ3n) is 6.16. The second-order valence-corrected chi connectivity index (χ2v) is 10.5. The fourth-order valence-corrected chi connectivity index (χ4v) is 5.31. The standard InChI is InChI=1S/C28H35N3O5S/c1-17(2)31(18(3)4)13-14-34-24-15-20(11-12-21(24)33-6)30-27(32)26-19(5)29-28(37-26)25-16-35-22-9-7-8-10-23(22)36-25/h7-12,15,17-18,25H,13-14,16H2,1-6H3,(H,30,32). The molecule has 3 aromatic rings. The number of nitrogens with one attached hydrogen (secondary N) is 1. The highest BCUT2D eigenvalue weighted by molar-refractivity contribution is 7.14. The van der Waals surface area contributed by atoms with Gasteiger partial charge in [-0.15, -0.1) is 11.3 Å². The maximum Gasteiger partial charge on any atom is 0.267 e. The van der Waals surface area contributed by atoms with E-state index in [1.807, 2.05) is 31.2 Å². The van der Waals surface area contributed by atoms with Crippen LogP contribution >= 0.6 is 11.3 Å². The van der Waals surface area contributed by atoms with Crippen LogP contribution in [-0.2, 0) is 0 Å². The van der Waals surface area contributed by atoms with Gasteiger partial charge in [-0.2, -0.15) is 0 Å². The summed E-state index contributed by atoms with van der Waals surface area (Å²) in [5.74, 6) is 2.35. The number of nitrogens with zero attached hydrogens (tertiary/aromatic N) is 2. The summed E-state index contributed by atoms with van der Waals surface area (Å²) in [5.41, 5.74) is 1.26. The largest absolute Gasteiger partial charge is 0.493 e. The van der Waals surface area contributed by atoms with Gasteiger partial charge in [0.15, 0.2) is 29.1 Å². The van der Waals surface area contributed by atoms with Gasteiger partial charge in [0, 0.05) is 30.4 Å². The number of para-hydroxylation sites is 2. The Morgan fingerprint density at radius 2 is 1.86 bits per heavy atom. The molecule has 0 spiro atoms. The van der Waals surface area contributed by atoms with Gasteiger partial charge in [0.1, 0.15) is 23.1 Å². The molecule has 1 unspecified atom stereocenters. The van der Waals surface area contributed by atoms with Crippen molar-refractivity contribution in [1.29, 1.82) is 0 Å². The van der Waals surface area contributed by atoms with E-state index in [2.05, 4.69) is 42.9 Å². The average molecular weight is 526 g/mol. The molecule has 8 nitrogen and oxygen atoms in total. The van der Waals surface area contributed by atoms with Gasteiger partial charge in [0.25, 0.3) is 5.91 Å². The first kappa shape index (κ1) is 26.8. The van der Waals surface area contributed by atoms with Crippen molar-refractivity contribution < 1.29 is 23.7 Å². The van der Waals surface area contributed by atoms with E-state index < -0.39 is 0 Å². The number of carbonyl (C=O) groups excluding carboxylic acids is 1. The Hall–Kier alpha value is -3.30. The van der Waals surface area contributed by atoms with Gasteiger partial charge in [0.2, 0.25) is 0 Å². The van der Waals surface area contributed by atoms with E-state index in [0.717, 1.165) is 6.54 Å². The van der Waals surface area contributed by atoms with Crippen molar-refractivity contribution in [1.82, 2.24) is 9.88 Å². The topological polar surface area (TPSA) is 82.2 Å². The molecule has 0 radical (unpaired) electrons. The zero-order chi connectivity index (χ0) is 26.5. The maximum absolute atomic E-state index is 13.2. The first-order valence-corrected chi connectivity index (χ1v) is 13.3. The minimum absolute atomic E-state index is 0.236. The number of anilines is 1. The number of hydrogen-bond acceptors (Lipinski definition) is 8. The number of ether oxygens (including phenoxy) is 4. The lowest BCUT2D eigenvalue weighted by molar-refractivity contribution is 0.0910. The normalized spacial score (nSPS) is 14.8. The van der Waals surface area contributed by atoms with Crippen molar-refractivity contribution in [3.63, 3.8) is 0 Å². The number of methoxy groups -OCH3 is 1. The van der Waals surface area contributed by atoms with Crippen LogP contribution in [0.15, 0.2) is 42.5 Å². The molecule has 2 aromatic carbocycles. The SMILES string of the molecule is COc1ccc(NC(=O)c2sc(C3COc4ccccc4O3)nc2C)cc1OCCN(C(C)C)C(C)C. The molecule has 0 bridgehead atoms. The smallest absolute Gasteiger partial charge is 0.267 e. The van der Waals surface area contributed by atoms with E-state index in [4.69, 9.17) is 18.9 Å². The van der Waals surface area contributed by atoms with Gasteiger partial charge in [0.05, 0.1) is 12.8 Å². The molecule has 1 atom stereocenters. The Balaban J connectivity index is 1.43. The molecule has 0 fully saturated rings. The van der Waals surface area contributed by atoms with E-state index in [9.17, 15) is 4.79 Å². The number of amides is 1. The molecule has 1 aliphatic rings. The van der Waals surface area contributed by atoms with Crippen molar-refractivity contribution >= 4 is 22.9 Å². The molecule has 0 saturated heterocycles. The molecule has 198 valence electrons. The zero-order valence-electron chi connectivity index (χ0n) is 22.2. The quantitative estimate of drug-likeness (QED) is 0.362. The van der Waals surface area contributed by atoms with Crippen molar-refractivity contribution in [3.05, 3.63) is 58.0 Å². The molecule has 0 aliphatic carbocycles. The van der Waals surface area contributed by atoms with Crippen LogP contribution < -0.4 is 24.3 Å².